The van der Waals surface area contributed by atoms with E-state index in [1.807, 2.05) is 0 Å². The fourth-order valence-electron chi connectivity index (χ4n) is 5.18. The number of benzene rings is 4. The molecule has 8 N–H and O–H groups in total. The van der Waals surface area contributed by atoms with Gasteiger partial charge >= 0.3 is 0 Å². The minimum absolute atomic E-state index is 0. The van der Waals surface area contributed by atoms with E-state index in [1.54, 1.807) is 0 Å². The van der Waals surface area contributed by atoms with Gasteiger partial charge < -0.3 is 21.7 Å². The Morgan fingerprint density at radius 3 is 1.57 bits per heavy atom. The number of nitrogens with zero attached hydrogens (tertiary/aromatic N) is 3. The van der Waals surface area contributed by atoms with Crippen LogP contribution in [0.3, 0.4) is 0 Å². The molecule has 1 aliphatic rings. The van der Waals surface area contributed by atoms with Crippen LogP contribution in [0.25, 0.3) is 0 Å². The molecule has 265 valence electrons. The quantitative estimate of drug-likeness (QED) is 0.0625. The predicted octanol–water partition coefficient (Wildman–Crippen LogP) is 2.71. The van der Waals surface area contributed by atoms with E-state index in [2.05, 4.69) is 30.9 Å². The molecule has 54 heavy (non-hydrogen) atoms. The number of aromatic nitrogens is 3. The third-order valence-corrected chi connectivity index (χ3v) is 10.2. The van der Waals surface area contributed by atoms with Crippen LogP contribution >= 0.6 is 11.6 Å². The van der Waals surface area contributed by atoms with Crippen molar-refractivity contribution in [2.75, 3.05) is 21.7 Å². The van der Waals surface area contributed by atoms with Gasteiger partial charge in [0.15, 0.2) is 11.6 Å². The number of rotatable bonds is 9. The first-order chi connectivity index (χ1) is 23.8. The average Bonchev–Trinajstić information content (AvgIpc) is 3.03. The molecule has 1 aromatic heterocycles. The first-order valence-corrected chi connectivity index (χ1v) is 18.6. The van der Waals surface area contributed by atoms with E-state index in [0.29, 0.717) is 0 Å². The minimum atomic E-state index is -5.07. The summed E-state index contributed by atoms with van der Waals surface area (Å²) in [5.74, 6) is -2.29. The monoisotopic (exact) mass is 842 g/mol. The number of hydrogen-bond acceptors (Lipinski definition) is 15. The third-order valence-electron chi connectivity index (χ3n) is 7.28. The number of carbonyl (C=O) groups is 2. The van der Waals surface area contributed by atoms with E-state index in [1.165, 1.54) is 48.5 Å². The Hall–Kier alpha value is -2.55. The molecule has 6 rings (SSSR count). The van der Waals surface area contributed by atoms with Crippen LogP contribution in [-0.2, 0) is 30.4 Å². The molecule has 0 spiro atoms. The van der Waals surface area contributed by atoms with Crippen LogP contribution in [0.4, 0.5) is 40.3 Å². The standard InChI is InChI=1S/C29H20ClN7O11S3.3Na/c30-27-35-28(33-16-7-3-4-8-19(16)49(40,41)42)37-29(36-27)34-17-10-9-13(11-20(17)50(43,44)45)32-18-12-21(51(46,47)48)24(31)23-22(18)25(38)14-5-1-2-6-15(14)26(23)39;;;/h1-12,32H,31H2,(H,40,41,42)(H,43,44,45)(H,46,47,48)(H2,33,34,35,36,37);;;. The number of halogens is 1. The molecule has 18 nitrogen and oxygen atoms in total. The molecule has 0 aliphatic heterocycles. The van der Waals surface area contributed by atoms with Gasteiger partial charge in [0, 0.05) is 105 Å². The maximum Gasteiger partial charge on any atom is 0.296 e. The van der Waals surface area contributed by atoms with Crippen molar-refractivity contribution in [3.05, 3.63) is 100 Å². The van der Waals surface area contributed by atoms with E-state index in [0.717, 1.165) is 24.3 Å². The van der Waals surface area contributed by atoms with E-state index in [4.69, 9.17) is 17.3 Å². The van der Waals surface area contributed by atoms with Crippen LogP contribution in [0.2, 0.25) is 5.28 Å². The SMILES string of the molecule is Nc1c(S(=O)(=O)O)cc(Nc2ccc(Nc3nc(Cl)nc(Nc4ccccc4S(=O)(=O)O)n3)c(S(=O)(=O)O)c2)c2c1C(=O)c1ccccc1C2=O.[Na].[Na].[Na]. The van der Waals surface area contributed by atoms with Gasteiger partial charge in [-0.3, -0.25) is 23.2 Å². The van der Waals surface area contributed by atoms with Crippen molar-refractivity contribution in [2.24, 2.45) is 0 Å². The number of para-hydroxylation sites is 1. The molecular weight excluding hydrogens is 823 g/mol. The van der Waals surface area contributed by atoms with Crippen molar-refractivity contribution in [1.29, 1.82) is 0 Å². The van der Waals surface area contributed by atoms with Gasteiger partial charge in [-0.25, -0.2) is 0 Å². The third kappa shape index (κ3) is 9.52. The molecule has 0 unspecified atom stereocenters. The first-order valence-electron chi connectivity index (χ1n) is 13.9. The zero-order valence-electron chi connectivity index (χ0n) is 28.1. The smallest absolute Gasteiger partial charge is 0.296 e. The molecule has 0 saturated heterocycles. The van der Waals surface area contributed by atoms with Gasteiger partial charge in [0.2, 0.25) is 17.2 Å². The van der Waals surface area contributed by atoms with Gasteiger partial charge in [-0.2, -0.15) is 40.2 Å². The van der Waals surface area contributed by atoms with Crippen LogP contribution in [0.1, 0.15) is 31.8 Å². The van der Waals surface area contributed by atoms with Gasteiger partial charge in [0.25, 0.3) is 30.4 Å². The van der Waals surface area contributed by atoms with Gasteiger partial charge in [-0.15, -0.1) is 0 Å². The summed E-state index contributed by atoms with van der Waals surface area (Å²) in [4.78, 5) is 36.5. The molecule has 1 aliphatic carbocycles. The molecule has 0 fully saturated rings. The molecule has 0 atom stereocenters. The number of fused-ring (bicyclic) bond motifs is 2. The Morgan fingerprint density at radius 2 is 1.04 bits per heavy atom. The van der Waals surface area contributed by atoms with Crippen LogP contribution in [0, 0.1) is 0 Å². The number of ketones is 2. The summed E-state index contributed by atoms with van der Waals surface area (Å²) < 4.78 is 103. The fraction of sp³-hybridized carbons (Fsp3) is 0. The Balaban J connectivity index is 0.00000261. The molecule has 0 bridgehead atoms. The van der Waals surface area contributed by atoms with Crippen molar-refractivity contribution >= 4 is 183 Å². The summed E-state index contributed by atoms with van der Waals surface area (Å²) >= 11 is 6.02. The molecule has 0 amide bonds. The Kier molecular flexibility index (Phi) is 14.7. The molecule has 5 aromatic rings. The van der Waals surface area contributed by atoms with Crippen molar-refractivity contribution < 1.29 is 48.5 Å². The summed E-state index contributed by atoms with van der Waals surface area (Å²) in [6.45, 7) is 0. The zero-order valence-corrected chi connectivity index (χ0v) is 37.3. The van der Waals surface area contributed by atoms with Gasteiger partial charge in [-0.05, 0) is 48.0 Å². The van der Waals surface area contributed by atoms with Crippen LogP contribution in [-0.4, -0.2) is 154 Å². The first kappa shape index (κ1) is 45.8. The maximum atomic E-state index is 13.6. The summed E-state index contributed by atoms with van der Waals surface area (Å²) in [6.07, 6.45) is 0. The molecular formula is C29H20ClN7Na3O11S3. The van der Waals surface area contributed by atoms with Crippen molar-refractivity contribution in [2.45, 2.75) is 14.7 Å². The second-order valence-electron chi connectivity index (χ2n) is 10.5. The van der Waals surface area contributed by atoms with E-state index >= 15 is 0 Å². The van der Waals surface area contributed by atoms with Gasteiger partial charge in [0.1, 0.15) is 14.7 Å². The zero-order chi connectivity index (χ0) is 37.0. The van der Waals surface area contributed by atoms with Crippen molar-refractivity contribution in [1.82, 2.24) is 15.0 Å². The second-order valence-corrected chi connectivity index (χ2v) is 15.1. The number of nitrogens with two attached hydrogens (primary N) is 1. The molecule has 25 heteroatoms. The van der Waals surface area contributed by atoms with Crippen molar-refractivity contribution in [3.8, 4) is 0 Å². The predicted molar refractivity (Wildman–Crippen MR) is 198 cm³/mol. The number of nitrogens with one attached hydrogen (secondary N) is 3. The van der Waals surface area contributed by atoms with Crippen molar-refractivity contribution in [3.63, 3.8) is 0 Å². The van der Waals surface area contributed by atoms with E-state index < -0.39 is 79.1 Å². The molecule has 4 aromatic carbocycles. The molecule has 1 heterocycles. The Labute approximate surface area is 378 Å². The van der Waals surface area contributed by atoms with Crippen LogP contribution in [0.5, 0.6) is 0 Å². The number of hydrogen-bond donors (Lipinski definition) is 7. The molecule has 3 radical (unpaired) electrons. The Bertz CT molecular complexity index is 2690. The van der Waals surface area contributed by atoms with E-state index in [-0.39, 0.29) is 134 Å². The van der Waals surface area contributed by atoms with Gasteiger partial charge in [0.05, 0.1) is 33.9 Å². The minimum Gasteiger partial charge on any atom is -0.397 e. The van der Waals surface area contributed by atoms with E-state index in [9.17, 15) is 48.5 Å². The second kappa shape index (κ2) is 17.3. The molecule has 0 saturated carbocycles. The number of nitrogen functional groups attached to an aromatic ring is 1. The number of carbonyl (C=O) groups excluding carboxylic acids is 2. The van der Waals surface area contributed by atoms with Crippen LogP contribution in [0.15, 0.2) is 87.5 Å². The number of anilines is 7. The Morgan fingerprint density at radius 1 is 0.556 bits per heavy atom. The summed E-state index contributed by atoms with van der Waals surface area (Å²) in [5, 5.41) is 7.32. The summed E-state index contributed by atoms with van der Waals surface area (Å²) in [6, 6.07) is 14.9. The van der Waals surface area contributed by atoms with Crippen LogP contribution < -0.4 is 21.7 Å². The maximum absolute atomic E-state index is 13.6. The summed E-state index contributed by atoms with van der Waals surface area (Å²) in [7, 11) is -14.8. The largest absolute Gasteiger partial charge is 0.397 e. The average molecular weight is 843 g/mol. The fourth-order valence-corrected chi connectivity index (χ4v) is 7.30. The topological polar surface area (TPSA) is 298 Å². The summed E-state index contributed by atoms with van der Waals surface area (Å²) in [5.41, 5.74) is 3.33. The normalized spacial score (nSPS) is 12.2. The van der Waals surface area contributed by atoms with Gasteiger partial charge in [-0.1, -0.05) is 36.4 Å².